The van der Waals surface area contributed by atoms with Crippen molar-refractivity contribution in [2.75, 3.05) is 19.8 Å². The Morgan fingerprint density at radius 3 is 2.80 bits per heavy atom. The van der Waals surface area contributed by atoms with Crippen molar-refractivity contribution in [1.82, 2.24) is 10.0 Å². The number of rotatable bonds is 10. The fourth-order valence-corrected chi connectivity index (χ4v) is 3.81. The van der Waals surface area contributed by atoms with Crippen molar-refractivity contribution >= 4 is 21.4 Å². The summed E-state index contributed by atoms with van der Waals surface area (Å²) >= 11 is 1.46. The molecule has 0 saturated heterocycles. The summed E-state index contributed by atoms with van der Waals surface area (Å²) in [6, 6.07) is 2.11. The molecule has 1 rings (SSSR count). The minimum absolute atomic E-state index is 0.347. The minimum atomic E-state index is -3.39. The molecule has 0 saturated carbocycles. The summed E-state index contributed by atoms with van der Waals surface area (Å²) in [7, 11) is -3.39. The molecule has 1 aromatic rings. The van der Waals surface area contributed by atoms with Crippen LogP contribution in [0.2, 0.25) is 0 Å². The van der Waals surface area contributed by atoms with E-state index in [4.69, 9.17) is 4.74 Å². The summed E-state index contributed by atoms with van der Waals surface area (Å²) in [6.07, 6.45) is 0.680. The third-order valence-corrected chi connectivity index (χ3v) is 5.11. The van der Waals surface area contributed by atoms with Crippen molar-refractivity contribution in [2.45, 2.75) is 44.7 Å². The third kappa shape index (κ3) is 6.32. The van der Waals surface area contributed by atoms with Gasteiger partial charge < -0.3 is 10.1 Å². The maximum absolute atomic E-state index is 12.1. The summed E-state index contributed by atoms with van der Waals surface area (Å²) in [6.45, 7) is 8.37. The molecule has 1 aromatic heterocycles. The second kappa shape index (κ2) is 8.74. The molecule has 0 spiro atoms. The Balaban J connectivity index is 2.46. The van der Waals surface area contributed by atoms with Crippen LogP contribution in [0.15, 0.2) is 16.3 Å². The van der Waals surface area contributed by atoms with Gasteiger partial charge in [-0.2, -0.15) is 0 Å². The van der Waals surface area contributed by atoms with Crippen LogP contribution in [0.4, 0.5) is 0 Å². The Hall–Kier alpha value is -0.470. The van der Waals surface area contributed by atoms with Crippen LogP contribution < -0.4 is 10.0 Å². The van der Waals surface area contributed by atoms with E-state index >= 15 is 0 Å². The molecule has 20 heavy (non-hydrogen) atoms. The molecule has 0 radical (unpaired) electrons. The maximum atomic E-state index is 12.1. The predicted octanol–water partition coefficient (Wildman–Crippen LogP) is 1.95. The van der Waals surface area contributed by atoms with Crippen LogP contribution in [-0.4, -0.2) is 34.2 Å². The first-order valence-electron chi connectivity index (χ1n) is 6.84. The first-order chi connectivity index (χ1) is 9.45. The predicted molar refractivity (Wildman–Crippen MR) is 82.6 cm³/mol. The molecule has 0 atom stereocenters. The van der Waals surface area contributed by atoms with Gasteiger partial charge in [-0.05, 0) is 19.4 Å². The molecule has 7 heteroatoms. The number of nitrogens with one attached hydrogen (secondary N) is 2. The third-order valence-electron chi connectivity index (χ3n) is 2.59. The van der Waals surface area contributed by atoms with Crippen molar-refractivity contribution in [2.24, 2.45) is 0 Å². The van der Waals surface area contributed by atoms with Gasteiger partial charge in [-0.1, -0.05) is 13.8 Å². The number of thiophene rings is 1. The lowest BCUT2D eigenvalue weighted by molar-refractivity contribution is 0.146. The lowest BCUT2D eigenvalue weighted by Gasteiger charge is -2.06. The van der Waals surface area contributed by atoms with Gasteiger partial charge in [0.1, 0.15) is 0 Å². The van der Waals surface area contributed by atoms with Gasteiger partial charge >= 0.3 is 0 Å². The quantitative estimate of drug-likeness (QED) is 0.647. The Bertz CT molecular complexity index is 484. The molecule has 116 valence electrons. The molecular weight excluding hydrogens is 296 g/mol. The molecule has 0 amide bonds. The van der Waals surface area contributed by atoms with Gasteiger partial charge in [-0.25, -0.2) is 13.1 Å². The summed E-state index contributed by atoms with van der Waals surface area (Å²) in [5.74, 6) is 0. The Kier molecular flexibility index (Phi) is 7.68. The van der Waals surface area contributed by atoms with Gasteiger partial charge in [-0.3, -0.25) is 0 Å². The molecule has 0 fully saturated rings. The topological polar surface area (TPSA) is 67.4 Å². The number of hydrogen-bond acceptors (Lipinski definition) is 5. The van der Waals surface area contributed by atoms with Crippen LogP contribution in [0.3, 0.4) is 0 Å². The van der Waals surface area contributed by atoms with E-state index < -0.39 is 10.0 Å². The summed E-state index contributed by atoms with van der Waals surface area (Å²) in [5.41, 5.74) is 0. The van der Waals surface area contributed by atoms with Gasteiger partial charge in [0.15, 0.2) is 0 Å². The smallest absolute Gasteiger partial charge is 0.241 e. The average molecular weight is 320 g/mol. The standard InChI is InChI=1S/C13H24N2O3S2/c1-4-18-7-5-6-15-20(16,17)13-8-12(19-10-13)9-14-11(2)3/h8,10-11,14-15H,4-7,9H2,1-3H3. The van der Waals surface area contributed by atoms with E-state index in [0.717, 1.165) is 4.88 Å². The Labute approximate surface area is 125 Å². The zero-order valence-corrected chi connectivity index (χ0v) is 13.9. The second-order valence-corrected chi connectivity index (χ2v) is 7.50. The zero-order chi connectivity index (χ0) is 15.0. The SMILES string of the molecule is CCOCCCNS(=O)(=O)c1csc(CNC(C)C)c1. The zero-order valence-electron chi connectivity index (χ0n) is 12.3. The number of hydrogen-bond donors (Lipinski definition) is 2. The van der Waals surface area contributed by atoms with Crippen molar-refractivity contribution in [3.05, 3.63) is 16.3 Å². The van der Waals surface area contributed by atoms with Crippen molar-refractivity contribution in [3.63, 3.8) is 0 Å². The highest BCUT2D eigenvalue weighted by Gasteiger charge is 2.15. The fourth-order valence-electron chi connectivity index (χ4n) is 1.51. The normalized spacial score (nSPS) is 12.2. The molecule has 5 nitrogen and oxygen atoms in total. The molecule has 0 aliphatic carbocycles. The van der Waals surface area contributed by atoms with Crippen LogP contribution in [0.25, 0.3) is 0 Å². The van der Waals surface area contributed by atoms with Crippen molar-refractivity contribution < 1.29 is 13.2 Å². The van der Waals surface area contributed by atoms with Gasteiger partial charge in [-0.15, -0.1) is 11.3 Å². The molecule has 0 aliphatic heterocycles. The highest BCUT2D eigenvalue weighted by Crippen LogP contribution is 2.19. The van der Waals surface area contributed by atoms with E-state index in [2.05, 4.69) is 23.9 Å². The first-order valence-corrected chi connectivity index (χ1v) is 9.20. The Morgan fingerprint density at radius 1 is 1.40 bits per heavy atom. The van der Waals surface area contributed by atoms with Gasteiger partial charge in [0.05, 0.1) is 4.90 Å². The van der Waals surface area contributed by atoms with Crippen molar-refractivity contribution in [1.29, 1.82) is 0 Å². The monoisotopic (exact) mass is 320 g/mol. The molecule has 2 N–H and O–H groups in total. The largest absolute Gasteiger partial charge is 0.382 e. The van der Waals surface area contributed by atoms with Crippen LogP contribution in [0.5, 0.6) is 0 Å². The lowest BCUT2D eigenvalue weighted by Crippen LogP contribution is -2.25. The first kappa shape index (κ1) is 17.6. The summed E-state index contributed by atoms with van der Waals surface area (Å²) < 4.78 is 31.9. The highest BCUT2D eigenvalue weighted by molar-refractivity contribution is 7.89. The van der Waals surface area contributed by atoms with E-state index in [1.54, 1.807) is 11.4 Å². The number of ether oxygens (including phenoxy) is 1. The average Bonchev–Trinajstić information content (AvgIpc) is 2.85. The van der Waals surface area contributed by atoms with E-state index in [9.17, 15) is 8.42 Å². The van der Waals surface area contributed by atoms with Crippen LogP contribution in [0.1, 0.15) is 32.1 Å². The van der Waals surface area contributed by atoms with E-state index in [0.29, 0.717) is 43.7 Å². The molecule has 0 aromatic carbocycles. The van der Waals surface area contributed by atoms with E-state index in [-0.39, 0.29) is 0 Å². The van der Waals surface area contributed by atoms with Gasteiger partial charge in [0.25, 0.3) is 0 Å². The van der Waals surface area contributed by atoms with Crippen molar-refractivity contribution in [3.8, 4) is 0 Å². The fraction of sp³-hybridized carbons (Fsp3) is 0.692. The molecule has 0 bridgehead atoms. The molecule has 0 aliphatic rings. The molecule has 1 heterocycles. The summed E-state index contributed by atoms with van der Waals surface area (Å²) in [5, 5.41) is 4.95. The van der Waals surface area contributed by atoms with Gasteiger partial charge in [0, 0.05) is 42.6 Å². The number of sulfonamides is 1. The molecule has 0 unspecified atom stereocenters. The van der Waals surface area contributed by atoms with Crippen LogP contribution in [0, 0.1) is 0 Å². The Morgan fingerprint density at radius 2 is 2.15 bits per heavy atom. The second-order valence-electron chi connectivity index (χ2n) is 4.73. The summed E-state index contributed by atoms with van der Waals surface area (Å²) in [4.78, 5) is 1.37. The maximum Gasteiger partial charge on any atom is 0.241 e. The highest BCUT2D eigenvalue weighted by atomic mass is 32.2. The lowest BCUT2D eigenvalue weighted by atomic mass is 10.4. The molecular formula is C13H24N2O3S2. The minimum Gasteiger partial charge on any atom is -0.382 e. The van der Waals surface area contributed by atoms with E-state index in [1.165, 1.54) is 11.3 Å². The van der Waals surface area contributed by atoms with Crippen LogP contribution >= 0.6 is 11.3 Å². The van der Waals surface area contributed by atoms with Crippen LogP contribution in [-0.2, 0) is 21.3 Å². The van der Waals surface area contributed by atoms with Gasteiger partial charge in [0.2, 0.25) is 10.0 Å². The van der Waals surface area contributed by atoms with E-state index in [1.807, 2.05) is 6.92 Å².